The van der Waals surface area contributed by atoms with Crippen LogP contribution in [-0.4, -0.2) is 17.1 Å². The molecule has 0 atom stereocenters. The molecule has 0 aliphatic heterocycles. The second-order valence-electron chi connectivity index (χ2n) is 3.60. The molecule has 1 aromatic heterocycles. The molecular weight excluding hydrogens is 339 g/mol. The standard InChI is InChI=1S/C12H9BrCl2N2O/c1-6-10(14)16-12(17-11(6)15)8-5-7(13)3-4-9(8)18-2/h3-5H,1-2H3. The van der Waals surface area contributed by atoms with Gasteiger partial charge in [0, 0.05) is 10.0 Å². The second-order valence-corrected chi connectivity index (χ2v) is 5.23. The van der Waals surface area contributed by atoms with E-state index >= 15 is 0 Å². The maximum absolute atomic E-state index is 6.02. The first-order valence-corrected chi connectivity index (χ1v) is 6.61. The third kappa shape index (κ3) is 2.60. The Balaban J connectivity index is 2.65. The van der Waals surface area contributed by atoms with Crippen LogP contribution in [0.25, 0.3) is 11.4 Å². The topological polar surface area (TPSA) is 35.0 Å². The molecule has 1 heterocycles. The Kier molecular flexibility index (Phi) is 4.10. The third-order valence-electron chi connectivity index (χ3n) is 2.43. The summed E-state index contributed by atoms with van der Waals surface area (Å²) in [5.74, 6) is 1.10. The fraction of sp³-hybridized carbons (Fsp3) is 0.167. The van der Waals surface area contributed by atoms with Crippen LogP contribution in [-0.2, 0) is 0 Å². The van der Waals surface area contributed by atoms with Crippen molar-refractivity contribution in [2.24, 2.45) is 0 Å². The van der Waals surface area contributed by atoms with Crippen molar-refractivity contribution >= 4 is 39.1 Å². The lowest BCUT2D eigenvalue weighted by Gasteiger charge is -2.09. The molecule has 18 heavy (non-hydrogen) atoms. The number of hydrogen-bond acceptors (Lipinski definition) is 3. The van der Waals surface area contributed by atoms with E-state index in [0.29, 0.717) is 27.4 Å². The van der Waals surface area contributed by atoms with Gasteiger partial charge in [-0.1, -0.05) is 39.1 Å². The third-order valence-corrected chi connectivity index (χ3v) is 3.66. The first-order valence-electron chi connectivity index (χ1n) is 5.06. The predicted molar refractivity (Wildman–Crippen MR) is 76.5 cm³/mol. The van der Waals surface area contributed by atoms with Gasteiger partial charge in [-0.3, -0.25) is 0 Å². The summed E-state index contributed by atoms with van der Waals surface area (Å²) in [4.78, 5) is 8.45. The average Bonchev–Trinajstić information content (AvgIpc) is 2.35. The van der Waals surface area contributed by atoms with Crippen molar-refractivity contribution < 1.29 is 4.74 Å². The summed E-state index contributed by atoms with van der Waals surface area (Å²) in [7, 11) is 1.59. The van der Waals surface area contributed by atoms with Crippen molar-refractivity contribution in [3.8, 4) is 17.1 Å². The lowest BCUT2D eigenvalue weighted by Crippen LogP contribution is -1.96. The van der Waals surface area contributed by atoms with Gasteiger partial charge in [-0.05, 0) is 25.1 Å². The van der Waals surface area contributed by atoms with Crippen LogP contribution in [0.15, 0.2) is 22.7 Å². The van der Waals surface area contributed by atoms with Crippen LogP contribution in [0, 0.1) is 6.92 Å². The minimum atomic E-state index is 0.340. The van der Waals surface area contributed by atoms with E-state index in [1.54, 1.807) is 14.0 Å². The number of methoxy groups -OCH3 is 1. The Bertz CT molecular complexity index is 582. The Labute approximate surface area is 123 Å². The summed E-state index contributed by atoms with van der Waals surface area (Å²) in [5.41, 5.74) is 1.40. The molecule has 0 fully saturated rings. The van der Waals surface area contributed by atoms with Crippen molar-refractivity contribution in [2.45, 2.75) is 6.92 Å². The zero-order valence-electron chi connectivity index (χ0n) is 9.67. The van der Waals surface area contributed by atoms with Crippen molar-refractivity contribution in [1.82, 2.24) is 9.97 Å². The summed E-state index contributed by atoms with van der Waals surface area (Å²) in [5, 5.41) is 0.680. The molecule has 0 amide bonds. The number of halogens is 3. The minimum Gasteiger partial charge on any atom is -0.496 e. The number of nitrogens with zero attached hydrogens (tertiary/aromatic N) is 2. The summed E-state index contributed by atoms with van der Waals surface area (Å²) >= 11 is 15.4. The molecule has 2 aromatic rings. The lowest BCUT2D eigenvalue weighted by atomic mass is 10.2. The van der Waals surface area contributed by atoms with E-state index < -0.39 is 0 Å². The first kappa shape index (κ1) is 13.6. The quantitative estimate of drug-likeness (QED) is 0.748. The van der Waals surface area contributed by atoms with Gasteiger partial charge in [0.2, 0.25) is 0 Å². The van der Waals surface area contributed by atoms with Crippen LogP contribution in [0.1, 0.15) is 5.56 Å². The van der Waals surface area contributed by atoms with Gasteiger partial charge in [0.05, 0.1) is 12.7 Å². The van der Waals surface area contributed by atoms with Crippen LogP contribution in [0.4, 0.5) is 0 Å². The summed E-state index contributed by atoms with van der Waals surface area (Å²) in [6.07, 6.45) is 0. The molecule has 0 aliphatic rings. The van der Waals surface area contributed by atoms with Gasteiger partial charge in [-0.25, -0.2) is 9.97 Å². The highest BCUT2D eigenvalue weighted by molar-refractivity contribution is 9.10. The lowest BCUT2D eigenvalue weighted by molar-refractivity contribution is 0.416. The molecular formula is C12H9BrCl2N2O. The Hall–Kier alpha value is -0.840. The molecule has 0 aliphatic carbocycles. The second kappa shape index (κ2) is 5.43. The van der Waals surface area contributed by atoms with E-state index in [-0.39, 0.29) is 0 Å². The summed E-state index contributed by atoms with van der Waals surface area (Å²) in [6, 6.07) is 5.56. The van der Waals surface area contributed by atoms with Gasteiger partial charge < -0.3 is 4.74 Å². The van der Waals surface area contributed by atoms with Gasteiger partial charge in [-0.15, -0.1) is 0 Å². The van der Waals surface area contributed by atoms with Gasteiger partial charge >= 0.3 is 0 Å². The Morgan fingerprint density at radius 2 is 1.78 bits per heavy atom. The SMILES string of the molecule is COc1ccc(Br)cc1-c1nc(Cl)c(C)c(Cl)n1. The molecule has 0 bridgehead atoms. The normalized spacial score (nSPS) is 10.5. The monoisotopic (exact) mass is 346 g/mol. The van der Waals surface area contributed by atoms with Crippen LogP contribution < -0.4 is 4.74 Å². The predicted octanol–water partition coefficient (Wildman–Crippen LogP) is 4.53. The average molecular weight is 348 g/mol. The number of aromatic nitrogens is 2. The van der Waals surface area contributed by atoms with Crippen LogP contribution in [0.2, 0.25) is 10.3 Å². The Morgan fingerprint density at radius 1 is 1.17 bits per heavy atom. The van der Waals surface area contributed by atoms with Crippen LogP contribution >= 0.6 is 39.1 Å². The van der Waals surface area contributed by atoms with E-state index in [0.717, 1.165) is 10.0 Å². The molecule has 0 saturated carbocycles. The largest absolute Gasteiger partial charge is 0.496 e. The molecule has 3 nitrogen and oxygen atoms in total. The van der Waals surface area contributed by atoms with E-state index in [9.17, 15) is 0 Å². The number of ether oxygens (including phenoxy) is 1. The van der Waals surface area contributed by atoms with Crippen molar-refractivity contribution in [1.29, 1.82) is 0 Å². The summed E-state index contributed by atoms with van der Waals surface area (Å²) in [6.45, 7) is 1.77. The van der Waals surface area contributed by atoms with Gasteiger partial charge in [-0.2, -0.15) is 0 Å². The minimum absolute atomic E-state index is 0.340. The zero-order valence-corrected chi connectivity index (χ0v) is 12.8. The summed E-state index contributed by atoms with van der Waals surface area (Å²) < 4.78 is 6.18. The first-order chi connectivity index (χ1) is 8.52. The molecule has 0 unspecified atom stereocenters. The van der Waals surface area contributed by atoms with Gasteiger partial charge in [0.15, 0.2) is 5.82 Å². The highest BCUT2D eigenvalue weighted by Gasteiger charge is 2.13. The molecule has 2 rings (SSSR count). The Morgan fingerprint density at radius 3 is 2.33 bits per heavy atom. The molecule has 94 valence electrons. The fourth-order valence-electron chi connectivity index (χ4n) is 1.44. The molecule has 1 aromatic carbocycles. The van der Waals surface area contributed by atoms with Crippen molar-refractivity contribution in [3.63, 3.8) is 0 Å². The smallest absolute Gasteiger partial charge is 0.166 e. The van der Waals surface area contributed by atoms with E-state index in [4.69, 9.17) is 27.9 Å². The van der Waals surface area contributed by atoms with Crippen LogP contribution in [0.3, 0.4) is 0 Å². The van der Waals surface area contributed by atoms with E-state index in [2.05, 4.69) is 25.9 Å². The number of benzene rings is 1. The maximum atomic E-state index is 6.02. The zero-order chi connectivity index (χ0) is 13.3. The molecule has 6 heteroatoms. The molecule has 0 radical (unpaired) electrons. The van der Waals surface area contributed by atoms with Crippen molar-refractivity contribution in [2.75, 3.05) is 7.11 Å². The van der Waals surface area contributed by atoms with Gasteiger partial charge in [0.1, 0.15) is 16.1 Å². The number of rotatable bonds is 2. The highest BCUT2D eigenvalue weighted by Crippen LogP contribution is 2.32. The number of hydrogen-bond donors (Lipinski definition) is 0. The maximum Gasteiger partial charge on any atom is 0.166 e. The molecule has 0 spiro atoms. The van der Waals surface area contributed by atoms with Gasteiger partial charge in [0.25, 0.3) is 0 Å². The van der Waals surface area contributed by atoms with E-state index in [1.165, 1.54) is 0 Å². The van der Waals surface area contributed by atoms with Crippen LogP contribution in [0.5, 0.6) is 5.75 Å². The molecule has 0 N–H and O–H groups in total. The van der Waals surface area contributed by atoms with Crippen molar-refractivity contribution in [3.05, 3.63) is 38.5 Å². The highest BCUT2D eigenvalue weighted by atomic mass is 79.9. The fourth-order valence-corrected chi connectivity index (χ4v) is 2.19. The van der Waals surface area contributed by atoms with E-state index in [1.807, 2.05) is 18.2 Å². The molecule has 0 saturated heterocycles.